The second-order valence-electron chi connectivity index (χ2n) is 9.86. The van der Waals surface area contributed by atoms with E-state index in [-0.39, 0.29) is 27.9 Å². The number of fused-ring (bicyclic) bond motifs is 2. The minimum atomic E-state index is -4.71. The molecule has 4 aromatic carbocycles. The number of carbonyl (C=O) groups excluding carboxylic acids is 4. The van der Waals surface area contributed by atoms with Crippen LogP contribution >= 0.6 is 0 Å². The molecule has 0 aromatic heterocycles. The summed E-state index contributed by atoms with van der Waals surface area (Å²) in [4.78, 5) is 52.9. The zero-order chi connectivity index (χ0) is 32.1. The smallest absolute Gasteiger partial charge is 0.282 e. The molecule has 2 aliphatic rings. The predicted octanol–water partition coefficient (Wildman–Crippen LogP) is 3.60. The van der Waals surface area contributed by atoms with Gasteiger partial charge in [0.1, 0.15) is 4.90 Å². The number of benzene rings is 4. The summed E-state index contributed by atoms with van der Waals surface area (Å²) < 4.78 is 59.9. The lowest BCUT2D eigenvalue weighted by Crippen LogP contribution is -2.29. The van der Waals surface area contributed by atoms with E-state index in [2.05, 4.69) is 0 Å². The monoisotopic (exact) mass is 632 g/mol. The highest BCUT2D eigenvalue weighted by Crippen LogP contribution is 2.36. The van der Waals surface area contributed by atoms with E-state index >= 15 is 0 Å². The highest BCUT2D eigenvalue weighted by Gasteiger charge is 2.38. The van der Waals surface area contributed by atoms with Crippen molar-refractivity contribution in [2.45, 2.75) is 11.8 Å². The van der Waals surface area contributed by atoms with Gasteiger partial charge in [-0.05, 0) is 60.0 Å². The van der Waals surface area contributed by atoms with Crippen LogP contribution in [-0.4, -0.2) is 61.2 Å². The Kier molecular flexibility index (Phi) is 7.59. The number of aryl methyl sites for hydroxylation is 1. The van der Waals surface area contributed by atoms with Gasteiger partial charge in [-0.1, -0.05) is 48.0 Å². The van der Waals surface area contributed by atoms with Gasteiger partial charge in [0.05, 0.1) is 27.9 Å². The molecular formula is C30H20N2O10S2. The zero-order valence-electron chi connectivity index (χ0n) is 22.8. The second-order valence-corrected chi connectivity index (χ2v) is 11.7. The van der Waals surface area contributed by atoms with Crippen molar-refractivity contribution < 1.29 is 44.8 Å². The first-order valence-corrected chi connectivity index (χ1v) is 15.1. The molecule has 44 heavy (non-hydrogen) atoms. The van der Waals surface area contributed by atoms with E-state index in [0.717, 1.165) is 21.4 Å². The number of nitrogens with zero attached hydrogens (tertiary/aromatic N) is 2. The molecular weight excluding hydrogens is 612 g/mol. The highest BCUT2D eigenvalue weighted by atomic mass is 32.2. The summed E-state index contributed by atoms with van der Waals surface area (Å²) in [7, 11) is -6.42. The van der Waals surface area contributed by atoms with Crippen LogP contribution in [0.5, 0.6) is 0 Å². The number of anilines is 1. The van der Waals surface area contributed by atoms with Gasteiger partial charge in [-0.3, -0.25) is 28.6 Å². The topological polar surface area (TPSA) is 180 Å². The van der Waals surface area contributed by atoms with Crippen LogP contribution in [0.1, 0.15) is 47.0 Å². The van der Waals surface area contributed by atoms with Gasteiger partial charge in [0.2, 0.25) is 0 Å². The number of carbonyl (C=O) groups is 4. The van der Waals surface area contributed by atoms with Crippen LogP contribution in [0.15, 0.2) is 83.8 Å². The lowest BCUT2D eigenvalue weighted by Gasteiger charge is -2.17. The first-order chi connectivity index (χ1) is 20.7. The SMILES string of the molecule is Cc1ccc(-c2ccc(N3C(=O)c4ccc(-c5ccc6c(c5)C(=O)N(C)C6=O)cc4C3=O)cc2S(=O)(=O)O)cc1.O=S(=O)=O. The molecule has 0 aliphatic carbocycles. The number of hydrogen-bond acceptors (Lipinski definition) is 9. The fourth-order valence-corrected chi connectivity index (χ4v) is 5.76. The molecule has 1 N–H and O–H groups in total. The van der Waals surface area contributed by atoms with E-state index in [9.17, 15) is 32.1 Å². The average molecular weight is 633 g/mol. The van der Waals surface area contributed by atoms with Crippen molar-refractivity contribution in [3.8, 4) is 22.3 Å². The van der Waals surface area contributed by atoms with E-state index in [0.29, 0.717) is 22.3 Å². The van der Waals surface area contributed by atoms with E-state index < -0.39 is 49.3 Å². The summed E-state index contributed by atoms with van der Waals surface area (Å²) in [6.07, 6.45) is 0. The Hall–Kier alpha value is -5.31. The molecule has 4 aromatic rings. The van der Waals surface area contributed by atoms with Gasteiger partial charge >= 0.3 is 10.6 Å². The number of amides is 4. The fourth-order valence-electron chi connectivity index (χ4n) is 5.03. The minimum absolute atomic E-state index is 0.0130. The largest absolute Gasteiger partial charge is 0.425 e. The molecule has 2 heterocycles. The summed E-state index contributed by atoms with van der Waals surface area (Å²) in [6, 6.07) is 20.4. The van der Waals surface area contributed by atoms with Crippen LogP contribution in [-0.2, 0) is 20.7 Å². The van der Waals surface area contributed by atoms with Crippen LogP contribution in [0.25, 0.3) is 22.3 Å². The molecule has 0 spiro atoms. The summed E-state index contributed by atoms with van der Waals surface area (Å²) in [5, 5.41) is 0. The van der Waals surface area contributed by atoms with Crippen molar-refractivity contribution in [1.29, 1.82) is 0 Å². The first-order valence-electron chi connectivity index (χ1n) is 12.6. The summed E-state index contributed by atoms with van der Waals surface area (Å²) in [5.41, 5.74) is 3.60. The Labute approximate surface area is 252 Å². The molecule has 0 atom stereocenters. The maximum atomic E-state index is 13.5. The van der Waals surface area contributed by atoms with Crippen molar-refractivity contribution in [2.75, 3.05) is 11.9 Å². The standard InChI is InChI=1S/C30H20N2O7S.O3S/c1-16-3-5-17(6-4-16)21-12-9-20(15-26(21)40(37,38)39)32-29(35)23-11-8-19(14-25(23)30(32)36)18-7-10-22-24(13-18)28(34)31(2)27(22)33;1-4(2)3/h3-15H,1-2H3,(H,37,38,39);. The fraction of sp³-hybridized carbons (Fsp3) is 0.0667. The van der Waals surface area contributed by atoms with Crippen molar-refractivity contribution in [3.63, 3.8) is 0 Å². The molecule has 0 bridgehead atoms. The predicted molar refractivity (Wildman–Crippen MR) is 156 cm³/mol. The van der Waals surface area contributed by atoms with Gasteiger partial charge < -0.3 is 0 Å². The Morgan fingerprint density at radius 3 is 1.57 bits per heavy atom. The molecule has 6 rings (SSSR count). The summed E-state index contributed by atoms with van der Waals surface area (Å²) in [6.45, 7) is 1.88. The van der Waals surface area contributed by atoms with Gasteiger partial charge in [-0.15, -0.1) is 12.6 Å². The van der Waals surface area contributed by atoms with Crippen molar-refractivity contribution >= 4 is 50.0 Å². The normalized spacial score (nSPS) is 13.9. The summed E-state index contributed by atoms with van der Waals surface area (Å²) in [5.74, 6) is -2.13. The molecule has 0 saturated heterocycles. The molecule has 2 aliphatic heterocycles. The molecule has 0 unspecified atom stereocenters. The molecule has 12 nitrogen and oxygen atoms in total. The van der Waals surface area contributed by atoms with Crippen molar-refractivity contribution in [1.82, 2.24) is 4.90 Å². The van der Waals surface area contributed by atoms with Crippen LogP contribution in [0.2, 0.25) is 0 Å². The maximum Gasteiger partial charge on any atom is 0.425 e. The summed E-state index contributed by atoms with van der Waals surface area (Å²) >= 11 is 0. The number of hydrogen-bond donors (Lipinski definition) is 1. The van der Waals surface area contributed by atoms with Gasteiger partial charge in [0.15, 0.2) is 0 Å². The van der Waals surface area contributed by atoms with Crippen molar-refractivity contribution in [2.24, 2.45) is 0 Å². The molecule has 0 fully saturated rings. The van der Waals surface area contributed by atoms with Crippen molar-refractivity contribution in [3.05, 3.63) is 107 Å². The van der Waals surface area contributed by atoms with Crippen LogP contribution < -0.4 is 4.90 Å². The Morgan fingerprint density at radius 1 is 0.591 bits per heavy atom. The lowest BCUT2D eigenvalue weighted by molar-refractivity contribution is 0.0692. The van der Waals surface area contributed by atoms with E-state index in [1.165, 1.54) is 31.3 Å². The van der Waals surface area contributed by atoms with Gasteiger partial charge in [-0.25, -0.2) is 4.90 Å². The quantitative estimate of drug-likeness (QED) is 0.258. The van der Waals surface area contributed by atoms with Crippen LogP contribution in [0.4, 0.5) is 5.69 Å². The maximum absolute atomic E-state index is 13.5. The van der Waals surface area contributed by atoms with Gasteiger partial charge in [-0.2, -0.15) is 8.42 Å². The van der Waals surface area contributed by atoms with Crippen LogP contribution in [0, 0.1) is 6.92 Å². The Morgan fingerprint density at radius 2 is 1.02 bits per heavy atom. The molecule has 14 heteroatoms. The van der Waals surface area contributed by atoms with E-state index in [1.807, 2.05) is 6.92 Å². The molecule has 4 amide bonds. The van der Waals surface area contributed by atoms with E-state index in [4.69, 9.17) is 12.6 Å². The minimum Gasteiger partial charge on any atom is -0.282 e. The molecule has 0 radical (unpaired) electrons. The second kappa shape index (κ2) is 11.1. The first kappa shape index (κ1) is 30.2. The van der Waals surface area contributed by atoms with E-state index in [1.54, 1.807) is 48.5 Å². The third-order valence-corrected chi connectivity index (χ3v) is 8.07. The molecule has 0 saturated carbocycles. The third kappa shape index (κ3) is 5.32. The molecule has 222 valence electrons. The average Bonchev–Trinajstić information content (AvgIpc) is 3.35. The third-order valence-electron chi connectivity index (χ3n) is 7.17. The Balaban J connectivity index is 0.000000906. The van der Waals surface area contributed by atoms with Gasteiger partial charge in [0, 0.05) is 12.6 Å². The van der Waals surface area contributed by atoms with Gasteiger partial charge in [0.25, 0.3) is 33.7 Å². The number of rotatable bonds is 4. The zero-order valence-corrected chi connectivity index (χ0v) is 24.5. The highest BCUT2D eigenvalue weighted by molar-refractivity contribution is 7.86. The lowest BCUT2D eigenvalue weighted by atomic mass is 9.97. The Bertz CT molecular complexity index is 2150. The van der Waals surface area contributed by atoms with Crippen LogP contribution in [0.3, 0.4) is 0 Å². The number of imide groups is 2.